The zero-order valence-electron chi connectivity index (χ0n) is 24.2. The summed E-state index contributed by atoms with van der Waals surface area (Å²) < 4.78 is 5.61. The fourth-order valence-electron chi connectivity index (χ4n) is 5.94. The van der Waals surface area contributed by atoms with Gasteiger partial charge in [-0.2, -0.15) is 0 Å². The molecule has 1 fully saturated rings. The maximum Gasteiger partial charge on any atom is 0.275 e. The Balaban J connectivity index is 1.39. The second kappa shape index (κ2) is 12.4. The first-order valence-electron chi connectivity index (χ1n) is 14.3. The molecule has 1 unspecified atom stereocenters. The topological polar surface area (TPSA) is 83.0 Å². The minimum atomic E-state index is -0.970. The molecule has 9 heteroatoms. The molecule has 1 N–H and O–H groups in total. The standard InChI is InChI=1S/C34H33ClN6O2/c1-24-28(23-40-18-20-41(21-19-40)30-10-6-7-11-31(30)43-2)32(38-33(42)29-22-36-16-17-37-29)34(39-24,25-8-4-3-5-9-25)26-12-14-27(35)15-13-26/h3-17,22H,18-21,23H2,1-2H3,(H,38,42). The number of methoxy groups -OCH3 is 1. The summed E-state index contributed by atoms with van der Waals surface area (Å²) in [4.78, 5) is 32.1. The van der Waals surface area contributed by atoms with E-state index < -0.39 is 5.54 Å². The maximum absolute atomic E-state index is 13.7. The Morgan fingerprint density at radius 1 is 0.930 bits per heavy atom. The number of aliphatic imine (C=N–C) groups is 1. The van der Waals surface area contributed by atoms with Crippen LogP contribution in [0.15, 0.2) is 114 Å². The highest BCUT2D eigenvalue weighted by Crippen LogP contribution is 2.46. The van der Waals surface area contributed by atoms with Crippen LogP contribution in [0, 0.1) is 0 Å². The van der Waals surface area contributed by atoms with Crippen molar-refractivity contribution in [1.82, 2.24) is 20.2 Å². The van der Waals surface area contributed by atoms with Crippen LogP contribution in [0.1, 0.15) is 28.5 Å². The van der Waals surface area contributed by atoms with Crippen LogP contribution in [0.3, 0.4) is 0 Å². The Morgan fingerprint density at radius 2 is 1.63 bits per heavy atom. The van der Waals surface area contributed by atoms with Crippen molar-refractivity contribution in [2.24, 2.45) is 4.99 Å². The normalized spacial score (nSPS) is 18.9. The molecule has 1 aromatic heterocycles. The average Bonchev–Trinajstić information content (AvgIpc) is 3.33. The lowest BCUT2D eigenvalue weighted by molar-refractivity contribution is 0.0955. The first-order valence-corrected chi connectivity index (χ1v) is 14.7. The number of hydrogen-bond donors (Lipinski definition) is 1. The quantitative estimate of drug-likeness (QED) is 0.296. The van der Waals surface area contributed by atoms with Crippen LogP contribution >= 0.6 is 11.6 Å². The van der Waals surface area contributed by atoms with Crippen LogP contribution in [0.5, 0.6) is 5.75 Å². The van der Waals surface area contributed by atoms with Crippen LogP contribution in [0.25, 0.3) is 0 Å². The van der Waals surface area contributed by atoms with Crippen molar-refractivity contribution in [2.45, 2.75) is 12.5 Å². The van der Waals surface area contributed by atoms with E-state index in [1.807, 2.05) is 67.6 Å². The monoisotopic (exact) mass is 592 g/mol. The second-order valence-corrected chi connectivity index (χ2v) is 11.1. The van der Waals surface area contributed by atoms with Crippen molar-refractivity contribution in [3.8, 4) is 5.75 Å². The third-order valence-electron chi connectivity index (χ3n) is 8.10. The molecule has 0 saturated carbocycles. The number of aromatic nitrogens is 2. The number of halogens is 1. The Bertz CT molecular complexity index is 1650. The summed E-state index contributed by atoms with van der Waals surface area (Å²) in [6.45, 7) is 6.06. The molecule has 2 aliphatic heterocycles. The van der Waals surface area contributed by atoms with Crippen molar-refractivity contribution < 1.29 is 9.53 Å². The van der Waals surface area contributed by atoms with Crippen molar-refractivity contribution in [3.05, 3.63) is 131 Å². The molecule has 0 aliphatic carbocycles. The minimum Gasteiger partial charge on any atom is -0.495 e. The minimum absolute atomic E-state index is 0.238. The number of hydrogen-bond acceptors (Lipinski definition) is 7. The fraction of sp³-hybridized carbons (Fsp3) is 0.235. The van der Waals surface area contributed by atoms with Gasteiger partial charge in [0.2, 0.25) is 0 Å². The Labute approximate surface area is 256 Å². The van der Waals surface area contributed by atoms with Gasteiger partial charge in [0.1, 0.15) is 11.4 Å². The lowest BCUT2D eigenvalue weighted by atomic mass is 9.80. The lowest BCUT2D eigenvalue weighted by Gasteiger charge is -2.37. The number of anilines is 1. The molecule has 218 valence electrons. The number of para-hydroxylation sites is 2. The summed E-state index contributed by atoms with van der Waals surface area (Å²) in [5.74, 6) is 0.544. The van der Waals surface area contributed by atoms with Crippen LogP contribution in [0.2, 0.25) is 5.02 Å². The number of nitrogens with one attached hydrogen (secondary N) is 1. The summed E-state index contributed by atoms with van der Waals surface area (Å²) in [7, 11) is 1.71. The highest BCUT2D eigenvalue weighted by molar-refractivity contribution is 6.30. The van der Waals surface area contributed by atoms with E-state index in [-0.39, 0.29) is 11.6 Å². The van der Waals surface area contributed by atoms with Crippen LogP contribution < -0.4 is 15.0 Å². The van der Waals surface area contributed by atoms with Gasteiger partial charge in [-0.3, -0.25) is 19.7 Å². The van der Waals surface area contributed by atoms with E-state index in [4.69, 9.17) is 21.3 Å². The highest BCUT2D eigenvalue weighted by atomic mass is 35.5. The van der Waals surface area contributed by atoms with E-state index in [1.54, 1.807) is 13.3 Å². The zero-order chi connectivity index (χ0) is 29.8. The van der Waals surface area contributed by atoms with E-state index in [0.717, 1.165) is 65.7 Å². The molecule has 43 heavy (non-hydrogen) atoms. The third kappa shape index (κ3) is 5.63. The number of nitrogens with zero attached hydrogens (tertiary/aromatic N) is 5. The number of carbonyl (C=O) groups is 1. The fourth-order valence-corrected chi connectivity index (χ4v) is 6.07. The molecule has 3 heterocycles. The Kier molecular flexibility index (Phi) is 8.22. The van der Waals surface area contributed by atoms with Gasteiger partial charge < -0.3 is 15.0 Å². The molecule has 6 rings (SSSR count). The van der Waals surface area contributed by atoms with Gasteiger partial charge in [0.15, 0.2) is 5.54 Å². The van der Waals surface area contributed by atoms with Gasteiger partial charge in [-0.25, -0.2) is 4.98 Å². The lowest BCUT2D eigenvalue weighted by Crippen LogP contribution is -2.47. The maximum atomic E-state index is 13.7. The molecule has 0 bridgehead atoms. The van der Waals surface area contributed by atoms with Crippen LogP contribution in [0.4, 0.5) is 5.69 Å². The molecule has 4 aromatic rings. The first kappa shape index (κ1) is 28.6. The predicted octanol–water partition coefficient (Wildman–Crippen LogP) is 5.36. The molecule has 3 aromatic carbocycles. The summed E-state index contributed by atoms with van der Waals surface area (Å²) in [5, 5.41) is 3.89. The van der Waals surface area contributed by atoms with Crippen molar-refractivity contribution in [2.75, 3.05) is 44.7 Å². The zero-order valence-corrected chi connectivity index (χ0v) is 25.0. The van der Waals surface area contributed by atoms with E-state index in [1.165, 1.54) is 12.4 Å². The number of rotatable bonds is 8. The molecule has 0 spiro atoms. The van der Waals surface area contributed by atoms with Gasteiger partial charge >= 0.3 is 0 Å². The molecule has 8 nitrogen and oxygen atoms in total. The van der Waals surface area contributed by atoms with E-state index >= 15 is 0 Å². The van der Waals surface area contributed by atoms with E-state index in [0.29, 0.717) is 11.6 Å². The van der Waals surface area contributed by atoms with Gasteiger partial charge in [0.05, 0.1) is 24.7 Å². The summed E-state index contributed by atoms with van der Waals surface area (Å²) in [6.07, 6.45) is 4.55. The third-order valence-corrected chi connectivity index (χ3v) is 8.36. The summed E-state index contributed by atoms with van der Waals surface area (Å²) in [5.41, 5.74) is 4.81. The number of piperazine rings is 1. The number of ether oxygens (including phenoxy) is 1. The second-order valence-electron chi connectivity index (χ2n) is 10.6. The summed E-state index contributed by atoms with van der Waals surface area (Å²) in [6, 6.07) is 25.9. The van der Waals surface area contributed by atoms with Gasteiger partial charge in [-0.05, 0) is 42.3 Å². The average molecular weight is 593 g/mol. The largest absolute Gasteiger partial charge is 0.495 e. The molecule has 2 aliphatic rings. The van der Waals surface area contributed by atoms with Crippen molar-refractivity contribution >= 4 is 28.9 Å². The van der Waals surface area contributed by atoms with Gasteiger partial charge in [0.25, 0.3) is 5.91 Å². The number of amides is 1. The first-order chi connectivity index (χ1) is 21.0. The molecule has 1 atom stereocenters. The van der Waals surface area contributed by atoms with Crippen molar-refractivity contribution in [3.63, 3.8) is 0 Å². The predicted molar refractivity (Wildman–Crippen MR) is 170 cm³/mol. The van der Waals surface area contributed by atoms with E-state index in [2.05, 4.69) is 43.3 Å². The summed E-state index contributed by atoms with van der Waals surface area (Å²) >= 11 is 6.32. The SMILES string of the molecule is COc1ccccc1N1CCN(CC2=C(NC(=O)c3cnccn3)C(c3ccccc3)(c3ccc(Cl)cc3)N=C2C)CC1. The molecule has 1 saturated heterocycles. The van der Waals surface area contributed by atoms with Gasteiger partial charge in [-0.1, -0.05) is 66.2 Å². The van der Waals surface area contributed by atoms with Gasteiger partial charge in [-0.15, -0.1) is 0 Å². The van der Waals surface area contributed by atoms with Crippen molar-refractivity contribution in [1.29, 1.82) is 0 Å². The van der Waals surface area contributed by atoms with E-state index in [9.17, 15) is 4.79 Å². The molecular formula is C34H33ClN6O2. The Hall–Kier alpha value is -4.53. The number of benzene rings is 3. The number of carbonyl (C=O) groups excluding carboxylic acids is 1. The Morgan fingerprint density at radius 3 is 2.33 bits per heavy atom. The molecular weight excluding hydrogens is 560 g/mol. The molecule has 0 radical (unpaired) electrons. The smallest absolute Gasteiger partial charge is 0.275 e. The van der Waals surface area contributed by atoms with Gasteiger partial charge in [0, 0.05) is 61.4 Å². The highest BCUT2D eigenvalue weighted by Gasteiger charge is 2.45. The molecule has 1 amide bonds. The van der Waals surface area contributed by atoms with Crippen LogP contribution in [-0.2, 0) is 5.54 Å². The van der Waals surface area contributed by atoms with Crippen LogP contribution in [-0.4, -0.2) is 66.3 Å².